The number of aryl methyl sites for hydroxylation is 1. The minimum Gasteiger partial charge on any atom is -0.304 e. The molecule has 3 nitrogen and oxygen atoms in total. The van der Waals surface area contributed by atoms with Crippen molar-refractivity contribution in [3.8, 4) is 0 Å². The van der Waals surface area contributed by atoms with Gasteiger partial charge in [-0.2, -0.15) is 0 Å². The van der Waals surface area contributed by atoms with E-state index in [0.717, 1.165) is 11.3 Å². The Hall–Kier alpha value is -2.42. The van der Waals surface area contributed by atoms with Crippen LogP contribution in [0.2, 0.25) is 0 Å². The lowest BCUT2D eigenvalue weighted by molar-refractivity contribution is 0.0936. The third-order valence-electron chi connectivity index (χ3n) is 3.87. The number of anilines is 1. The Bertz CT molecular complexity index is 706. The van der Waals surface area contributed by atoms with Gasteiger partial charge < -0.3 is 4.90 Å². The number of hydrogen-bond acceptors (Lipinski definition) is 2. The van der Waals surface area contributed by atoms with Crippen LogP contribution >= 0.6 is 0 Å². The van der Waals surface area contributed by atoms with Crippen LogP contribution in [0.25, 0.3) is 0 Å². The van der Waals surface area contributed by atoms with Crippen LogP contribution in [-0.4, -0.2) is 17.7 Å². The maximum atomic E-state index is 12.8. The van der Waals surface area contributed by atoms with Gasteiger partial charge in [0.1, 0.15) is 0 Å². The lowest BCUT2D eigenvalue weighted by atomic mass is 9.93. The highest BCUT2D eigenvalue weighted by atomic mass is 16.2. The molecule has 1 atom stereocenters. The maximum Gasteiger partial charge on any atom is 0.258 e. The molecule has 0 spiro atoms. The predicted octanol–water partition coefficient (Wildman–Crippen LogP) is 3.62. The molecule has 0 aromatic heterocycles. The molecular weight excluding hydrogens is 262 g/mol. The Kier molecular flexibility index (Phi) is 3.34. The SMILES string of the molecule is Cc1ccc2c(c1)C(=O)CC(C)N2C(=O)c1ccccc1. The van der Waals surface area contributed by atoms with E-state index in [1.807, 2.05) is 50.2 Å². The summed E-state index contributed by atoms with van der Waals surface area (Å²) in [4.78, 5) is 26.7. The van der Waals surface area contributed by atoms with Crippen LogP contribution in [0.3, 0.4) is 0 Å². The van der Waals surface area contributed by atoms with Crippen LogP contribution in [0, 0.1) is 6.92 Å². The first-order valence-electron chi connectivity index (χ1n) is 7.10. The van der Waals surface area contributed by atoms with Crippen molar-refractivity contribution in [1.82, 2.24) is 0 Å². The Morgan fingerprint density at radius 3 is 2.57 bits per heavy atom. The third-order valence-corrected chi connectivity index (χ3v) is 3.87. The van der Waals surface area contributed by atoms with E-state index in [-0.39, 0.29) is 17.7 Å². The van der Waals surface area contributed by atoms with Gasteiger partial charge in [0.2, 0.25) is 0 Å². The second-order valence-electron chi connectivity index (χ2n) is 5.54. The number of ketones is 1. The first-order chi connectivity index (χ1) is 10.1. The van der Waals surface area contributed by atoms with Crippen LogP contribution in [0.4, 0.5) is 5.69 Å². The Morgan fingerprint density at radius 1 is 1.14 bits per heavy atom. The summed E-state index contributed by atoms with van der Waals surface area (Å²) in [5, 5.41) is 0. The molecule has 3 heteroatoms. The van der Waals surface area contributed by atoms with Crippen LogP contribution in [0.15, 0.2) is 48.5 Å². The summed E-state index contributed by atoms with van der Waals surface area (Å²) >= 11 is 0. The summed E-state index contributed by atoms with van der Waals surface area (Å²) in [6.45, 7) is 3.87. The molecular formula is C18H17NO2. The molecule has 21 heavy (non-hydrogen) atoms. The summed E-state index contributed by atoms with van der Waals surface area (Å²) < 4.78 is 0. The van der Waals surface area contributed by atoms with Crippen molar-refractivity contribution in [2.24, 2.45) is 0 Å². The Labute approximate surface area is 124 Å². The molecule has 0 N–H and O–H groups in total. The van der Waals surface area contributed by atoms with E-state index >= 15 is 0 Å². The van der Waals surface area contributed by atoms with Gasteiger partial charge in [-0.15, -0.1) is 0 Å². The summed E-state index contributed by atoms with van der Waals surface area (Å²) in [5.74, 6) is 0.0546. The van der Waals surface area contributed by atoms with Gasteiger partial charge in [-0.1, -0.05) is 29.8 Å². The van der Waals surface area contributed by atoms with E-state index in [4.69, 9.17) is 0 Å². The summed E-state index contributed by atoms with van der Waals surface area (Å²) in [5.41, 5.74) is 3.05. The highest BCUT2D eigenvalue weighted by Crippen LogP contribution is 2.32. The molecule has 0 radical (unpaired) electrons. The summed E-state index contributed by atoms with van der Waals surface area (Å²) in [7, 11) is 0. The Balaban J connectivity index is 2.09. The molecule has 1 amide bonds. The number of benzene rings is 2. The van der Waals surface area contributed by atoms with Crippen molar-refractivity contribution in [2.75, 3.05) is 4.90 Å². The largest absolute Gasteiger partial charge is 0.304 e. The average molecular weight is 279 g/mol. The second kappa shape index (κ2) is 5.17. The van der Waals surface area contributed by atoms with Crippen LogP contribution < -0.4 is 4.90 Å². The van der Waals surface area contributed by atoms with E-state index in [9.17, 15) is 9.59 Å². The number of fused-ring (bicyclic) bond motifs is 1. The number of amides is 1. The van der Waals surface area contributed by atoms with Gasteiger partial charge in [0.05, 0.1) is 5.69 Å². The molecule has 0 aliphatic carbocycles. The van der Waals surface area contributed by atoms with E-state index in [2.05, 4.69) is 0 Å². The van der Waals surface area contributed by atoms with E-state index in [1.54, 1.807) is 17.0 Å². The van der Waals surface area contributed by atoms with Gasteiger partial charge in [0.15, 0.2) is 5.78 Å². The molecule has 0 fully saturated rings. The van der Waals surface area contributed by atoms with Gasteiger partial charge in [-0.25, -0.2) is 0 Å². The second-order valence-corrected chi connectivity index (χ2v) is 5.54. The topological polar surface area (TPSA) is 37.4 Å². The molecule has 2 aromatic rings. The minimum atomic E-state index is -0.125. The molecule has 1 heterocycles. The molecule has 3 rings (SSSR count). The molecule has 2 aromatic carbocycles. The van der Waals surface area contributed by atoms with Crippen molar-refractivity contribution in [3.05, 3.63) is 65.2 Å². The summed E-state index contributed by atoms with van der Waals surface area (Å²) in [6, 6.07) is 14.8. The van der Waals surface area contributed by atoms with Crippen LogP contribution in [-0.2, 0) is 0 Å². The first-order valence-corrected chi connectivity index (χ1v) is 7.10. The first kappa shape index (κ1) is 13.6. The molecule has 1 aliphatic heterocycles. The lowest BCUT2D eigenvalue weighted by Gasteiger charge is -2.34. The number of carbonyl (C=O) groups excluding carboxylic acids is 2. The zero-order chi connectivity index (χ0) is 15.0. The number of Topliss-reactive ketones (excluding diaryl/α,β-unsaturated/α-hetero) is 1. The zero-order valence-electron chi connectivity index (χ0n) is 12.2. The molecule has 1 aliphatic rings. The molecule has 0 bridgehead atoms. The number of rotatable bonds is 1. The fourth-order valence-electron chi connectivity index (χ4n) is 2.82. The summed E-state index contributed by atoms with van der Waals surface area (Å²) in [6.07, 6.45) is 0.370. The monoisotopic (exact) mass is 279 g/mol. The highest BCUT2D eigenvalue weighted by Gasteiger charge is 2.33. The lowest BCUT2D eigenvalue weighted by Crippen LogP contribution is -2.44. The van der Waals surface area contributed by atoms with Gasteiger partial charge in [0.25, 0.3) is 5.91 Å². The van der Waals surface area contributed by atoms with Crippen molar-refractivity contribution in [1.29, 1.82) is 0 Å². The van der Waals surface area contributed by atoms with Gasteiger partial charge in [0, 0.05) is 23.6 Å². The van der Waals surface area contributed by atoms with Gasteiger partial charge in [-0.3, -0.25) is 9.59 Å². The predicted molar refractivity (Wildman–Crippen MR) is 82.8 cm³/mol. The normalized spacial score (nSPS) is 17.5. The van der Waals surface area contributed by atoms with E-state index in [0.29, 0.717) is 17.5 Å². The Morgan fingerprint density at radius 2 is 1.86 bits per heavy atom. The molecule has 106 valence electrons. The standard InChI is InChI=1S/C18H17NO2/c1-12-8-9-16-15(10-12)17(20)11-13(2)19(16)18(21)14-6-4-3-5-7-14/h3-10,13H,11H2,1-2H3. The maximum absolute atomic E-state index is 12.8. The van der Waals surface area contributed by atoms with Crippen molar-refractivity contribution < 1.29 is 9.59 Å². The van der Waals surface area contributed by atoms with Crippen LogP contribution in [0.1, 0.15) is 39.6 Å². The van der Waals surface area contributed by atoms with E-state index in [1.165, 1.54) is 0 Å². The van der Waals surface area contributed by atoms with Gasteiger partial charge >= 0.3 is 0 Å². The number of nitrogens with zero attached hydrogens (tertiary/aromatic N) is 1. The highest BCUT2D eigenvalue weighted by molar-refractivity contribution is 6.14. The minimum absolute atomic E-state index is 0.0549. The van der Waals surface area contributed by atoms with Crippen molar-refractivity contribution >= 4 is 17.4 Å². The van der Waals surface area contributed by atoms with Gasteiger partial charge in [-0.05, 0) is 38.1 Å². The van der Waals surface area contributed by atoms with E-state index < -0.39 is 0 Å². The third kappa shape index (κ3) is 2.35. The number of hydrogen-bond donors (Lipinski definition) is 0. The van der Waals surface area contributed by atoms with Crippen molar-refractivity contribution in [2.45, 2.75) is 26.3 Å². The van der Waals surface area contributed by atoms with Crippen LogP contribution in [0.5, 0.6) is 0 Å². The molecule has 1 unspecified atom stereocenters. The number of carbonyl (C=O) groups is 2. The smallest absolute Gasteiger partial charge is 0.258 e. The average Bonchev–Trinajstić information content (AvgIpc) is 2.48. The molecule has 0 saturated heterocycles. The fourth-order valence-corrected chi connectivity index (χ4v) is 2.82. The quantitative estimate of drug-likeness (QED) is 0.799. The fraction of sp³-hybridized carbons (Fsp3) is 0.222. The molecule has 0 saturated carbocycles. The van der Waals surface area contributed by atoms with Crippen molar-refractivity contribution in [3.63, 3.8) is 0 Å². The zero-order valence-corrected chi connectivity index (χ0v) is 12.2.